The number of likely N-dealkylation sites (tertiary alicyclic amines) is 2. The van der Waals surface area contributed by atoms with Crippen molar-refractivity contribution in [2.45, 2.75) is 43.0 Å². The van der Waals surface area contributed by atoms with Crippen molar-refractivity contribution in [2.75, 3.05) is 30.9 Å². The second-order valence-corrected chi connectivity index (χ2v) is 9.94. The maximum Gasteiger partial charge on any atom is 0.261 e. The van der Waals surface area contributed by atoms with Crippen molar-refractivity contribution in [1.82, 2.24) is 9.80 Å². The van der Waals surface area contributed by atoms with Crippen molar-refractivity contribution in [3.63, 3.8) is 0 Å². The number of carbonyl (C=O) groups excluding carboxylic acids is 1. The maximum absolute atomic E-state index is 13.1. The van der Waals surface area contributed by atoms with E-state index >= 15 is 0 Å². The first-order valence-corrected chi connectivity index (χ1v) is 12.3. The Morgan fingerprint density at radius 2 is 1.61 bits per heavy atom. The standard InChI is InChI=1S/C23H28FN3O3S/c24-19-7-9-20(10-8-19)25-31(29,30)22-6-4-5-18(17-22)23(28)27-15-11-21(12-16-27)26-13-2-1-3-14-26/h4-10,17,21,25H,1-3,11-16H2. The molecule has 0 aliphatic carbocycles. The van der Waals surface area contributed by atoms with Crippen molar-refractivity contribution in [2.24, 2.45) is 0 Å². The molecule has 0 saturated carbocycles. The molecule has 1 amide bonds. The summed E-state index contributed by atoms with van der Waals surface area (Å²) in [4.78, 5) is 17.4. The molecule has 0 radical (unpaired) electrons. The number of piperidine rings is 2. The summed E-state index contributed by atoms with van der Waals surface area (Å²) in [6, 6.07) is 11.7. The van der Waals surface area contributed by atoms with Crippen LogP contribution in [0, 0.1) is 5.82 Å². The number of amides is 1. The minimum Gasteiger partial charge on any atom is -0.339 e. The molecule has 1 N–H and O–H groups in total. The third-order valence-corrected chi connectivity index (χ3v) is 7.53. The zero-order valence-electron chi connectivity index (χ0n) is 17.5. The van der Waals surface area contributed by atoms with Crippen molar-refractivity contribution >= 4 is 21.6 Å². The highest BCUT2D eigenvalue weighted by Gasteiger charge is 2.28. The van der Waals surface area contributed by atoms with Crippen LogP contribution in [0.5, 0.6) is 0 Å². The number of nitrogens with one attached hydrogen (secondary N) is 1. The van der Waals surface area contributed by atoms with Crippen LogP contribution < -0.4 is 4.72 Å². The maximum atomic E-state index is 13.1. The summed E-state index contributed by atoms with van der Waals surface area (Å²) < 4.78 is 40.9. The number of anilines is 1. The van der Waals surface area contributed by atoms with E-state index in [1.807, 2.05) is 4.90 Å². The van der Waals surface area contributed by atoms with Crippen LogP contribution in [-0.2, 0) is 10.0 Å². The lowest BCUT2D eigenvalue weighted by atomic mass is 9.99. The minimum absolute atomic E-state index is 0.00544. The SMILES string of the molecule is O=C(c1cccc(S(=O)(=O)Nc2ccc(F)cc2)c1)N1CCC(N2CCCCC2)CC1. The lowest BCUT2D eigenvalue weighted by Crippen LogP contribution is -2.48. The molecular weight excluding hydrogens is 417 g/mol. The van der Waals surface area contributed by atoms with Crippen molar-refractivity contribution in [3.05, 3.63) is 59.9 Å². The number of benzene rings is 2. The molecule has 2 aliphatic heterocycles. The van der Waals surface area contributed by atoms with Crippen LogP contribution in [0.1, 0.15) is 42.5 Å². The zero-order valence-corrected chi connectivity index (χ0v) is 18.3. The van der Waals surface area contributed by atoms with Gasteiger partial charge in [0.25, 0.3) is 15.9 Å². The van der Waals surface area contributed by atoms with Gasteiger partial charge in [-0.3, -0.25) is 9.52 Å². The molecule has 2 saturated heterocycles. The van der Waals surface area contributed by atoms with E-state index < -0.39 is 15.8 Å². The van der Waals surface area contributed by atoms with E-state index in [1.165, 1.54) is 55.7 Å². The predicted molar refractivity (Wildman–Crippen MR) is 118 cm³/mol. The monoisotopic (exact) mass is 445 g/mol. The summed E-state index contributed by atoms with van der Waals surface area (Å²) in [5.74, 6) is -0.587. The second kappa shape index (κ2) is 9.36. The van der Waals surface area contributed by atoms with Gasteiger partial charge in [-0.2, -0.15) is 0 Å². The van der Waals surface area contributed by atoms with E-state index in [2.05, 4.69) is 9.62 Å². The highest BCUT2D eigenvalue weighted by Crippen LogP contribution is 2.23. The number of halogens is 1. The molecule has 0 aromatic heterocycles. The first-order chi connectivity index (χ1) is 14.9. The van der Waals surface area contributed by atoms with Gasteiger partial charge in [-0.1, -0.05) is 12.5 Å². The highest BCUT2D eigenvalue weighted by atomic mass is 32.2. The topological polar surface area (TPSA) is 69.7 Å². The van der Waals surface area contributed by atoms with Crippen LogP contribution >= 0.6 is 0 Å². The summed E-state index contributed by atoms with van der Waals surface area (Å²) in [5.41, 5.74) is 0.622. The Bertz CT molecular complexity index is 1010. The lowest BCUT2D eigenvalue weighted by molar-refractivity contribution is 0.0589. The summed E-state index contributed by atoms with van der Waals surface area (Å²) in [7, 11) is -3.89. The molecule has 0 spiro atoms. The number of sulfonamides is 1. The van der Waals surface area contributed by atoms with E-state index in [-0.39, 0.29) is 16.5 Å². The number of hydrogen-bond acceptors (Lipinski definition) is 4. The van der Waals surface area contributed by atoms with Gasteiger partial charge < -0.3 is 9.80 Å². The first kappa shape index (κ1) is 21.8. The number of hydrogen-bond donors (Lipinski definition) is 1. The molecule has 31 heavy (non-hydrogen) atoms. The highest BCUT2D eigenvalue weighted by molar-refractivity contribution is 7.92. The summed E-state index contributed by atoms with van der Waals surface area (Å²) in [5, 5.41) is 0. The van der Waals surface area contributed by atoms with Crippen molar-refractivity contribution < 1.29 is 17.6 Å². The Labute approximate surface area is 183 Å². The van der Waals surface area contributed by atoms with Crippen LogP contribution in [0.2, 0.25) is 0 Å². The minimum atomic E-state index is -3.89. The molecule has 2 aliphatic rings. The molecular formula is C23H28FN3O3S. The molecule has 2 aromatic rings. The third-order valence-electron chi connectivity index (χ3n) is 6.15. The largest absolute Gasteiger partial charge is 0.339 e. The summed E-state index contributed by atoms with van der Waals surface area (Å²) in [6.07, 6.45) is 5.73. The van der Waals surface area contributed by atoms with Gasteiger partial charge in [0.1, 0.15) is 5.82 Å². The Hall–Kier alpha value is -2.45. The average Bonchev–Trinajstić information content (AvgIpc) is 2.81. The number of nitrogens with zero attached hydrogens (tertiary/aromatic N) is 2. The molecule has 2 aromatic carbocycles. The van der Waals surface area contributed by atoms with E-state index in [4.69, 9.17) is 0 Å². The Balaban J connectivity index is 1.41. The fraction of sp³-hybridized carbons (Fsp3) is 0.435. The van der Waals surface area contributed by atoms with Crippen LogP contribution in [0.25, 0.3) is 0 Å². The summed E-state index contributed by atoms with van der Waals surface area (Å²) >= 11 is 0. The molecule has 0 unspecified atom stereocenters. The third kappa shape index (κ3) is 5.25. The van der Waals surface area contributed by atoms with Gasteiger partial charge >= 0.3 is 0 Å². The molecule has 6 nitrogen and oxygen atoms in total. The summed E-state index contributed by atoms with van der Waals surface area (Å²) in [6.45, 7) is 3.68. The first-order valence-electron chi connectivity index (χ1n) is 10.8. The van der Waals surface area contributed by atoms with Gasteiger partial charge in [-0.05, 0) is 81.2 Å². The lowest BCUT2D eigenvalue weighted by Gasteiger charge is -2.40. The van der Waals surface area contributed by atoms with Gasteiger partial charge in [-0.25, -0.2) is 12.8 Å². The zero-order chi connectivity index (χ0) is 21.8. The Morgan fingerprint density at radius 3 is 2.29 bits per heavy atom. The molecule has 166 valence electrons. The van der Waals surface area contributed by atoms with Gasteiger partial charge in [0.15, 0.2) is 0 Å². The molecule has 2 heterocycles. The Kier molecular flexibility index (Phi) is 6.57. The fourth-order valence-corrected chi connectivity index (χ4v) is 5.53. The van der Waals surface area contributed by atoms with Crippen molar-refractivity contribution in [3.8, 4) is 0 Å². The normalized spacial score (nSPS) is 18.7. The smallest absolute Gasteiger partial charge is 0.261 e. The average molecular weight is 446 g/mol. The molecule has 0 atom stereocenters. The van der Waals surface area contributed by atoms with E-state index in [0.717, 1.165) is 25.9 Å². The van der Waals surface area contributed by atoms with Crippen LogP contribution in [0.3, 0.4) is 0 Å². The second-order valence-electron chi connectivity index (χ2n) is 8.26. The quantitative estimate of drug-likeness (QED) is 0.762. The molecule has 2 fully saturated rings. The number of rotatable bonds is 5. The van der Waals surface area contributed by atoms with Gasteiger partial charge in [0.05, 0.1) is 4.90 Å². The van der Waals surface area contributed by atoms with E-state index in [1.54, 1.807) is 12.1 Å². The van der Waals surface area contributed by atoms with Crippen molar-refractivity contribution in [1.29, 1.82) is 0 Å². The van der Waals surface area contributed by atoms with E-state index in [0.29, 0.717) is 24.7 Å². The van der Waals surface area contributed by atoms with Gasteiger partial charge in [-0.15, -0.1) is 0 Å². The molecule has 0 bridgehead atoms. The van der Waals surface area contributed by atoms with Gasteiger partial charge in [0.2, 0.25) is 0 Å². The molecule has 4 rings (SSSR count). The Morgan fingerprint density at radius 1 is 0.935 bits per heavy atom. The number of carbonyl (C=O) groups is 1. The van der Waals surface area contributed by atoms with Gasteiger partial charge in [0, 0.05) is 30.4 Å². The fourth-order valence-electron chi connectivity index (χ4n) is 4.43. The van der Waals surface area contributed by atoms with Crippen LogP contribution in [-0.4, -0.2) is 56.3 Å². The van der Waals surface area contributed by atoms with E-state index in [9.17, 15) is 17.6 Å². The van der Waals surface area contributed by atoms with Crippen LogP contribution in [0.4, 0.5) is 10.1 Å². The van der Waals surface area contributed by atoms with Crippen LogP contribution in [0.15, 0.2) is 53.4 Å². The molecule has 8 heteroatoms. The predicted octanol–water partition coefficient (Wildman–Crippen LogP) is 3.72.